The van der Waals surface area contributed by atoms with Gasteiger partial charge in [0.05, 0.1) is 35.5 Å². The summed E-state index contributed by atoms with van der Waals surface area (Å²) in [5.41, 5.74) is 4.37. The molecular formula is C30H32F2N10O2. The number of rotatable bonds is 10. The Kier molecular flexibility index (Phi) is 8.62. The highest BCUT2D eigenvalue weighted by atomic mass is 19.1. The molecule has 4 aromatic heterocycles. The van der Waals surface area contributed by atoms with Crippen molar-refractivity contribution in [3.05, 3.63) is 78.1 Å². The minimum atomic E-state index is -0.682. The quantitative estimate of drug-likeness (QED) is 0.150. The molecule has 1 aromatic carbocycles. The second-order valence-corrected chi connectivity index (χ2v) is 10.6. The van der Waals surface area contributed by atoms with Crippen molar-refractivity contribution in [2.24, 2.45) is 0 Å². The van der Waals surface area contributed by atoms with Gasteiger partial charge in [0.15, 0.2) is 11.6 Å². The number of imidazole rings is 1. The Morgan fingerprint density at radius 1 is 0.932 bits per heavy atom. The van der Waals surface area contributed by atoms with Crippen molar-refractivity contribution in [2.75, 3.05) is 42.3 Å². The monoisotopic (exact) mass is 602 g/mol. The fraction of sp³-hybridized carbons (Fsp3) is 0.267. The largest absolute Gasteiger partial charge is 0.372 e. The number of likely N-dealkylation sites (N-methyl/N-ethyl adjacent to an activating group) is 2. The first-order valence-corrected chi connectivity index (χ1v) is 13.8. The fourth-order valence-electron chi connectivity index (χ4n) is 4.85. The number of aromatic nitrogens is 6. The lowest BCUT2D eigenvalue weighted by Gasteiger charge is -2.24. The molecule has 3 N–H and O–H groups in total. The van der Waals surface area contributed by atoms with E-state index >= 15 is 4.39 Å². The molecule has 5 rings (SSSR count). The summed E-state index contributed by atoms with van der Waals surface area (Å²) in [5, 5.41) is 11.7. The normalized spacial score (nSPS) is 11.2. The number of carbonyl (C=O) groups excluding carboxylic acids is 1. The van der Waals surface area contributed by atoms with E-state index in [0.29, 0.717) is 30.2 Å². The molecular weight excluding hydrogens is 570 g/mol. The molecule has 44 heavy (non-hydrogen) atoms. The number of fused-ring (bicyclic) bond motifs is 1. The molecule has 5 aromatic rings. The number of pyridine rings is 2. The molecule has 0 radical (unpaired) electrons. The first-order chi connectivity index (χ1) is 21.0. The maximum atomic E-state index is 15.0. The van der Waals surface area contributed by atoms with E-state index in [1.165, 1.54) is 12.1 Å². The van der Waals surface area contributed by atoms with Gasteiger partial charge in [0, 0.05) is 38.8 Å². The first kappa shape index (κ1) is 30.2. The van der Waals surface area contributed by atoms with Crippen LogP contribution in [-0.4, -0.2) is 67.8 Å². The van der Waals surface area contributed by atoms with Gasteiger partial charge in [0.1, 0.15) is 28.5 Å². The Morgan fingerprint density at radius 3 is 2.20 bits per heavy atom. The van der Waals surface area contributed by atoms with E-state index in [9.17, 15) is 9.18 Å². The van der Waals surface area contributed by atoms with E-state index in [2.05, 4.69) is 30.2 Å². The van der Waals surface area contributed by atoms with Crippen LogP contribution in [0.25, 0.3) is 22.3 Å². The summed E-state index contributed by atoms with van der Waals surface area (Å²) in [6.07, 6.45) is 4.29. The topological polar surface area (TPSA) is 137 Å². The highest BCUT2D eigenvalue weighted by molar-refractivity contribution is 5.91. The van der Waals surface area contributed by atoms with Crippen LogP contribution in [0.2, 0.25) is 0 Å². The molecule has 0 atom stereocenters. The average Bonchev–Trinajstić information content (AvgIpc) is 3.37. The summed E-state index contributed by atoms with van der Waals surface area (Å²) >= 11 is 0. The summed E-state index contributed by atoms with van der Waals surface area (Å²) in [7, 11) is 3.84. The molecule has 0 spiro atoms. The van der Waals surface area contributed by atoms with E-state index in [4.69, 9.17) is 5.21 Å². The molecule has 0 aliphatic carbocycles. The zero-order valence-corrected chi connectivity index (χ0v) is 24.9. The van der Waals surface area contributed by atoms with Gasteiger partial charge in [-0.15, -0.1) is 0 Å². The Bertz CT molecular complexity index is 1790. The molecule has 0 saturated carbocycles. The average molecular weight is 603 g/mol. The lowest BCUT2D eigenvalue weighted by Crippen LogP contribution is -2.31. The van der Waals surface area contributed by atoms with Gasteiger partial charge in [0.2, 0.25) is 5.95 Å². The zero-order valence-electron chi connectivity index (χ0n) is 24.9. The number of nitrogens with zero attached hydrogens (tertiary/aromatic N) is 8. The number of halogens is 2. The van der Waals surface area contributed by atoms with E-state index in [1.54, 1.807) is 36.1 Å². The molecule has 1 amide bonds. The minimum absolute atomic E-state index is 0.0367. The predicted molar refractivity (Wildman–Crippen MR) is 163 cm³/mol. The Morgan fingerprint density at radius 2 is 1.61 bits per heavy atom. The van der Waals surface area contributed by atoms with E-state index in [-0.39, 0.29) is 34.5 Å². The van der Waals surface area contributed by atoms with Gasteiger partial charge >= 0.3 is 0 Å². The Hall–Kier alpha value is -5.24. The van der Waals surface area contributed by atoms with Crippen LogP contribution in [0.1, 0.15) is 36.2 Å². The second-order valence-electron chi connectivity index (χ2n) is 10.6. The third-order valence-electron chi connectivity index (χ3n) is 7.18. The van der Waals surface area contributed by atoms with Gasteiger partial charge < -0.3 is 19.7 Å². The van der Waals surface area contributed by atoms with Crippen LogP contribution in [-0.2, 0) is 0 Å². The van der Waals surface area contributed by atoms with Crippen LogP contribution in [0, 0.1) is 18.6 Å². The molecule has 14 heteroatoms. The maximum Gasteiger partial charge on any atom is 0.293 e. The van der Waals surface area contributed by atoms with Crippen LogP contribution in [0.4, 0.5) is 31.9 Å². The van der Waals surface area contributed by atoms with Gasteiger partial charge in [-0.1, -0.05) is 0 Å². The van der Waals surface area contributed by atoms with Crippen LogP contribution in [0.3, 0.4) is 0 Å². The number of carbonyl (C=O) groups is 1. The van der Waals surface area contributed by atoms with Gasteiger partial charge in [-0.25, -0.2) is 39.2 Å². The molecule has 0 saturated heterocycles. The summed E-state index contributed by atoms with van der Waals surface area (Å²) in [6.45, 7) is 7.07. The highest BCUT2D eigenvalue weighted by Gasteiger charge is 2.18. The van der Waals surface area contributed by atoms with Gasteiger partial charge in [0.25, 0.3) is 5.91 Å². The van der Waals surface area contributed by atoms with Crippen molar-refractivity contribution < 1.29 is 18.8 Å². The lowest BCUT2D eigenvalue weighted by molar-refractivity contribution is 0.0701. The minimum Gasteiger partial charge on any atom is -0.372 e. The third kappa shape index (κ3) is 6.24. The van der Waals surface area contributed by atoms with Crippen LogP contribution >= 0.6 is 0 Å². The Labute approximate surface area is 252 Å². The number of hydrogen-bond donors (Lipinski definition) is 3. The first-order valence-electron chi connectivity index (χ1n) is 13.8. The third-order valence-corrected chi connectivity index (χ3v) is 7.18. The van der Waals surface area contributed by atoms with Crippen molar-refractivity contribution >= 4 is 40.1 Å². The number of anilines is 4. The van der Waals surface area contributed by atoms with Crippen molar-refractivity contribution in [2.45, 2.75) is 26.8 Å². The number of hydrogen-bond acceptors (Lipinski definition) is 10. The van der Waals surface area contributed by atoms with Gasteiger partial charge in [-0.05, 0) is 57.2 Å². The number of hydroxylamine groups is 1. The molecule has 0 aliphatic rings. The van der Waals surface area contributed by atoms with Gasteiger partial charge in [-0.3, -0.25) is 10.0 Å². The number of amides is 1. The standard InChI is InChI=1S/C30H32F2N10O2/c1-17(2)42-18(3)36-28-22(31)12-19(13-25(28)42)27-23(32)16-35-30(38-27)37-26-9-7-21(15-34-26)41(5)11-10-40(4)20-6-8-24(33-14-20)29(43)39-44/h6-9,12-17,44H,10-11H2,1-5H3,(H,39,43)(H,34,35,37,38). The molecule has 0 aliphatic heterocycles. The summed E-state index contributed by atoms with van der Waals surface area (Å²) in [4.78, 5) is 36.7. The molecule has 12 nitrogen and oxygen atoms in total. The van der Waals surface area contributed by atoms with Crippen molar-refractivity contribution in [3.8, 4) is 11.3 Å². The molecule has 0 unspecified atom stereocenters. The molecule has 228 valence electrons. The predicted octanol–water partition coefficient (Wildman–Crippen LogP) is 4.89. The smallest absolute Gasteiger partial charge is 0.293 e. The van der Waals surface area contributed by atoms with E-state index in [1.807, 2.05) is 55.3 Å². The summed E-state index contributed by atoms with van der Waals surface area (Å²) in [5.74, 6) is -0.677. The molecule has 0 fully saturated rings. The van der Waals surface area contributed by atoms with E-state index in [0.717, 1.165) is 17.6 Å². The Balaban J connectivity index is 1.26. The lowest BCUT2D eigenvalue weighted by atomic mass is 10.1. The van der Waals surface area contributed by atoms with E-state index < -0.39 is 17.5 Å². The molecule has 4 heterocycles. The molecule has 0 bridgehead atoms. The number of nitrogens with one attached hydrogen (secondary N) is 2. The summed E-state index contributed by atoms with van der Waals surface area (Å²) in [6, 6.07) is 9.87. The second kappa shape index (κ2) is 12.6. The zero-order chi connectivity index (χ0) is 31.5. The van der Waals surface area contributed by atoms with Gasteiger partial charge in [-0.2, -0.15) is 0 Å². The number of aryl methyl sites for hydroxylation is 1. The maximum absolute atomic E-state index is 15.0. The van der Waals surface area contributed by atoms with Crippen molar-refractivity contribution in [1.82, 2.24) is 35.0 Å². The number of benzene rings is 1. The van der Waals surface area contributed by atoms with Crippen molar-refractivity contribution in [3.63, 3.8) is 0 Å². The van der Waals surface area contributed by atoms with Crippen LogP contribution < -0.4 is 20.6 Å². The highest BCUT2D eigenvalue weighted by Crippen LogP contribution is 2.30. The van der Waals surface area contributed by atoms with Crippen LogP contribution in [0.5, 0.6) is 0 Å². The fourth-order valence-corrected chi connectivity index (χ4v) is 4.85. The van der Waals surface area contributed by atoms with Crippen LogP contribution in [0.15, 0.2) is 55.0 Å². The summed E-state index contributed by atoms with van der Waals surface area (Å²) < 4.78 is 31.8. The SMILES string of the molecule is Cc1nc2c(F)cc(-c3nc(Nc4ccc(N(C)CCN(C)c5ccc(C(=O)NO)nc5)cn4)ncc3F)cc2n1C(C)C. The van der Waals surface area contributed by atoms with Crippen molar-refractivity contribution in [1.29, 1.82) is 0 Å².